The maximum atomic E-state index is 11.5. The lowest BCUT2D eigenvalue weighted by molar-refractivity contribution is -0.138. The first-order chi connectivity index (χ1) is 9.47. The van der Waals surface area contributed by atoms with Crippen molar-refractivity contribution in [2.24, 2.45) is 0 Å². The molecular formula is C16H16BrNO2. The molecule has 0 aliphatic carbocycles. The predicted molar refractivity (Wildman–Crippen MR) is 84.1 cm³/mol. The van der Waals surface area contributed by atoms with Crippen molar-refractivity contribution in [2.45, 2.75) is 19.9 Å². The number of hydrogen-bond acceptors (Lipinski definition) is 2. The van der Waals surface area contributed by atoms with Crippen molar-refractivity contribution in [2.75, 3.05) is 5.32 Å². The van der Waals surface area contributed by atoms with Crippen LogP contribution in [-0.2, 0) is 4.79 Å². The molecular weight excluding hydrogens is 318 g/mol. The van der Waals surface area contributed by atoms with Gasteiger partial charge in [-0.25, -0.2) is 4.79 Å². The van der Waals surface area contributed by atoms with Crippen molar-refractivity contribution in [3.8, 4) is 0 Å². The van der Waals surface area contributed by atoms with Crippen molar-refractivity contribution >= 4 is 27.6 Å². The molecule has 1 unspecified atom stereocenters. The lowest BCUT2D eigenvalue weighted by Crippen LogP contribution is -2.20. The summed E-state index contributed by atoms with van der Waals surface area (Å²) in [6.07, 6.45) is 0. The van der Waals surface area contributed by atoms with Gasteiger partial charge in [0, 0.05) is 10.2 Å². The van der Waals surface area contributed by atoms with Gasteiger partial charge in [0.2, 0.25) is 0 Å². The summed E-state index contributed by atoms with van der Waals surface area (Å²) in [7, 11) is 0. The molecule has 0 aliphatic heterocycles. The molecule has 3 nitrogen and oxygen atoms in total. The largest absolute Gasteiger partial charge is 0.479 e. The van der Waals surface area contributed by atoms with E-state index in [9.17, 15) is 9.90 Å². The Hall–Kier alpha value is -1.81. The van der Waals surface area contributed by atoms with E-state index in [0.29, 0.717) is 0 Å². The Kier molecular flexibility index (Phi) is 4.45. The van der Waals surface area contributed by atoms with Crippen molar-refractivity contribution in [1.29, 1.82) is 0 Å². The minimum absolute atomic E-state index is 0.751. The molecule has 2 aromatic carbocycles. The fourth-order valence-corrected chi connectivity index (χ4v) is 2.38. The summed E-state index contributed by atoms with van der Waals surface area (Å²) in [6, 6.07) is 12.4. The van der Waals surface area contributed by atoms with Gasteiger partial charge in [-0.2, -0.15) is 0 Å². The quantitative estimate of drug-likeness (QED) is 0.876. The van der Waals surface area contributed by atoms with Crippen LogP contribution in [0.15, 0.2) is 46.9 Å². The maximum Gasteiger partial charge on any atom is 0.330 e. The topological polar surface area (TPSA) is 49.3 Å². The Balaban J connectivity index is 2.32. The normalized spacial score (nSPS) is 11.9. The van der Waals surface area contributed by atoms with Gasteiger partial charge >= 0.3 is 5.97 Å². The van der Waals surface area contributed by atoms with Crippen molar-refractivity contribution in [1.82, 2.24) is 0 Å². The standard InChI is InChI=1S/C16H16BrNO2/c1-10-6-7-12(8-11(10)2)15(16(19)20)18-14-5-3-4-13(17)9-14/h3-9,15,18H,1-2H3,(H,19,20). The van der Waals surface area contributed by atoms with Crippen LogP contribution in [0.1, 0.15) is 22.7 Å². The fraction of sp³-hybridized carbons (Fsp3) is 0.188. The van der Waals surface area contributed by atoms with Gasteiger partial charge in [-0.3, -0.25) is 0 Å². The molecule has 0 aliphatic rings. The molecule has 4 heteroatoms. The van der Waals surface area contributed by atoms with Crippen LogP contribution in [0.4, 0.5) is 5.69 Å². The number of anilines is 1. The number of aliphatic carboxylic acids is 1. The summed E-state index contributed by atoms with van der Waals surface area (Å²) in [6.45, 7) is 3.99. The SMILES string of the molecule is Cc1ccc(C(Nc2cccc(Br)c2)C(=O)O)cc1C. The van der Waals surface area contributed by atoms with E-state index in [4.69, 9.17) is 0 Å². The van der Waals surface area contributed by atoms with Gasteiger partial charge in [0.05, 0.1) is 0 Å². The number of aryl methyl sites for hydroxylation is 2. The minimum Gasteiger partial charge on any atom is -0.479 e. The van der Waals surface area contributed by atoms with Gasteiger partial charge in [-0.05, 0) is 48.7 Å². The van der Waals surface area contributed by atoms with Gasteiger partial charge in [0.1, 0.15) is 0 Å². The highest BCUT2D eigenvalue weighted by molar-refractivity contribution is 9.10. The second-order valence-corrected chi connectivity index (χ2v) is 5.69. The van der Waals surface area contributed by atoms with Gasteiger partial charge < -0.3 is 10.4 Å². The third-order valence-corrected chi connectivity index (χ3v) is 3.74. The van der Waals surface area contributed by atoms with E-state index in [1.165, 1.54) is 0 Å². The zero-order chi connectivity index (χ0) is 14.7. The highest BCUT2D eigenvalue weighted by Gasteiger charge is 2.20. The smallest absolute Gasteiger partial charge is 0.330 e. The highest BCUT2D eigenvalue weighted by Crippen LogP contribution is 2.24. The Morgan fingerprint density at radius 2 is 1.90 bits per heavy atom. The van der Waals surface area contributed by atoms with Crippen LogP contribution in [0.3, 0.4) is 0 Å². The summed E-state index contributed by atoms with van der Waals surface area (Å²) in [5.74, 6) is -0.895. The highest BCUT2D eigenvalue weighted by atomic mass is 79.9. The first kappa shape index (κ1) is 14.6. The average Bonchev–Trinajstić information content (AvgIpc) is 2.39. The number of carboxylic acid groups (broad SMARTS) is 1. The summed E-state index contributed by atoms with van der Waals surface area (Å²) < 4.78 is 0.909. The summed E-state index contributed by atoms with van der Waals surface area (Å²) in [5, 5.41) is 12.5. The molecule has 2 rings (SSSR count). The third kappa shape index (κ3) is 3.39. The molecule has 0 fully saturated rings. The van der Waals surface area contributed by atoms with Crippen LogP contribution < -0.4 is 5.32 Å². The van der Waals surface area contributed by atoms with Crippen LogP contribution in [0.5, 0.6) is 0 Å². The Morgan fingerprint density at radius 3 is 2.50 bits per heavy atom. The van der Waals surface area contributed by atoms with E-state index in [1.54, 1.807) is 0 Å². The number of carbonyl (C=O) groups is 1. The van der Waals surface area contributed by atoms with Crippen LogP contribution in [0.25, 0.3) is 0 Å². The zero-order valence-electron chi connectivity index (χ0n) is 11.4. The zero-order valence-corrected chi connectivity index (χ0v) is 12.9. The first-order valence-electron chi connectivity index (χ1n) is 6.29. The average molecular weight is 334 g/mol. The van der Waals surface area contributed by atoms with Gasteiger partial charge in [0.15, 0.2) is 6.04 Å². The van der Waals surface area contributed by atoms with Gasteiger partial charge in [0.25, 0.3) is 0 Å². The van der Waals surface area contributed by atoms with Gasteiger partial charge in [-0.1, -0.05) is 40.2 Å². The second kappa shape index (κ2) is 6.09. The molecule has 2 N–H and O–H groups in total. The van der Waals surface area contributed by atoms with Crippen molar-refractivity contribution in [3.63, 3.8) is 0 Å². The van der Waals surface area contributed by atoms with Crippen molar-refractivity contribution < 1.29 is 9.90 Å². The number of halogens is 1. The fourth-order valence-electron chi connectivity index (χ4n) is 1.98. The molecule has 0 heterocycles. The van der Waals surface area contributed by atoms with E-state index in [0.717, 1.165) is 26.9 Å². The number of hydrogen-bond donors (Lipinski definition) is 2. The number of benzene rings is 2. The van der Waals surface area contributed by atoms with E-state index in [-0.39, 0.29) is 0 Å². The second-order valence-electron chi connectivity index (χ2n) is 4.77. The summed E-state index contributed by atoms with van der Waals surface area (Å²) >= 11 is 3.38. The van der Waals surface area contributed by atoms with Crippen LogP contribution in [0.2, 0.25) is 0 Å². The molecule has 0 saturated heterocycles. The molecule has 104 valence electrons. The molecule has 20 heavy (non-hydrogen) atoms. The lowest BCUT2D eigenvalue weighted by atomic mass is 10.0. The van der Waals surface area contributed by atoms with Crippen molar-refractivity contribution in [3.05, 3.63) is 63.6 Å². The Bertz CT molecular complexity index is 640. The number of carboxylic acids is 1. The molecule has 1 atom stereocenters. The Labute approximate surface area is 126 Å². The van der Waals surface area contributed by atoms with E-state index in [2.05, 4.69) is 21.2 Å². The Morgan fingerprint density at radius 1 is 1.15 bits per heavy atom. The maximum absolute atomic E-state index is 11.5. The first-order valence-corrected chi connectivity index (χ1v) is 7.09. The number of nitrogens with one attached hydrogen (secondary N) is 1. The van der Waals surface area contributed by atoms with E-state index < -0.39 is 12.0 Å². The molecule has 0 spiro atoms. The van der Waals surface area contributed by atoms with E-state index >= 15 is 0 Å². The van der Waals surface area contributed by atoms with Crippen LogP contribution >= 0.6 is 15.9 Å². The number of rotatable bonds is 4. The van der Waals surface area contributed by atoms with Gasteiger partial charge in [-0.15, -0.1) is 0 Å². The molecule has 0 amide bonds. The molecule has 0 aromatic heterocycles. The van der Waals surface area contributed by atoms with Crippen LogP contribution in [-0.4, -0.2) is 11.1 Å². The monoisotopic (exact) mass is 333 g/mol. The molecule has 0 bridgehead atoms. The lowest BCUT2D eigenvalue weighted by Gasteiger charge is -2.17. The molecule has 0 saturated carbocycles. The molecule has 0 radical (unpaired) electrons. The molecule has 2 aromatic rings. The summed E-state index contributed by atoms with van der Waals surface area (Å²) in [4.78, 5) is 11.5. The summed E-state index contributed by atoms with van der Waals surface area (Å²) in [5.41, 5.74) is 3.76. The third-order valence-electron chi connectivity index (χ3n) is 3.25. The van der Waals surface area contributed by atoms with E-state index in [1.807, 2.05) is 56.3 Å². The minimum atomic E-state index is -0.895. The van der Waals surface area contributed by atoms with Crippen LogP contribution in [0, 0.1) is 13.8 Å². The predicted octanol–water partition coefficient (Wildman–Crippen LogP) is 4.30.